The van der Waals surface area contributed by atoms with Gasteiger partial charge in [-0.1, -0.05) is 135 Å². The quantitative estimate of drug-likeness (QED) is 0.0610. The molecule has 7 rings (SSSR count). The molecule has 4 atom stereocenters. The number of aliphatic hydroxyl groups excluding tert-OH is 2. The van der Waals surface area contributed by atoms with Gasteiger partial charge in [-0.05, 0) is 159 Å². The molecule has 0 saturated heterocycles. The molecule has 4 N–H and O–H groups in total. The molecule has 404 valence electrons. The first kappa shape index (κ1) is 88.0. The molecule has 0 saturated carbocycles. The average Bonchev–Trinajstić information content (AvgIpc) is 4.10. The van der Waals surface area contributed by atoms with Crippen molar-refractivity contribution in [1.82, 2.24) is 9.97 Å². The van der Waals surface area contributed by atoms with Crippen molar-refractivity contribution in [1.29, 1.82) is 0 Å². The summed E-state index contributed by atoms with van der Waals surface area (Å²) in [6, 6.07) is 0. The number of ketones is 2. The van der Waals surface area contributed by atoms with E-state index in [0.717, 1.165) is 95.7 Å². The van der Waals surface area contributed by atoms with Crippen molar-refractivity contribution >= 4 is 104 Å². The Bertz CT molecular complexity index is 1810. The van der Waals surface area contributed by atoms with E-state index in [1.54, 1.807) is 17.9 Å². The molecular formula is C54H90BBr3CeCl3MgN2NaO5S. The van der Waals surface area contributed by atoms with E-state index in [0.29, 0.717) is 24.4 Å². The van der Waals surface area contributed by atoms with Gasteiger partial charge in [-0.2, -0.15) is 5.92 Å². The summed E-state index contributed by atoms with van der Waals surface area (Å²) >= 11 is 9.14. The Kier molecular flexibility index (Phi) is 65.8. The number of imidazole rings is 1. The maximum Gasteiger partial charge on any atom is 2.00 e. The summed E-state index contributed by atoms with van der Waals surface area (Å²) in [5, 5.41) is 18.3. The van der Waals surface area contributed by atoms with Crippen LogP contribution in [0.5, 0.6) is 0 Å². The van der Waals surface area contributed by atoms with Gasteiger partial charge in [0.2, 0.25) is 0 Å². The van der Waals surface area contributed by atoms with Crippen LogP contribution in [0.15, 0.2) is 87.3 Å². The summed E-state index contributed by atoms with van der Waals surface area (Å²) in [6.45, 7) is 24.8. The number of H-pyrrole nitrogens is 2. The van der Waals surface area contributed by atoms with Crippen molar-refractivity contribution < 1.29 is 103 Å². The molecular weight excluding hydrogens is 1330 g/mol. The van der Waals surface area contributed by atoms with Crippen LogP contribution < -0.4 is 46.5 Å². The van der Waals surface area contributed by atoms with Gasteiger partial charge >= 0.3 is 100 Å². The number of aliphatic hydroxyl groups is 2. The van der Waals surface area contributed by atoms with Crippen LogP contribution in [0.4, 0.5) is 0 Å². The smallest absolute Gasteiger partial charge is 1.00 e. The van der Waals surface area contributed by atoms with Crippen molar-refractivity contribution in [3.63, 3.8) is 0 Å². The monoisotopic (exact) mass is 1420 g/mol. The number of halogens is 6. The van der Waals surface area contributed by atoms with Gasteiger partial charge in [-0.15, -0.1) is 0 Å². The van der Waals surface area contributed by atoms with E-state index >= 15 is 0 Å². The van der Waals surface area contributed by atoms with Crippen molar-refractivity contribution in [2.45, 2.75) is 191 Å². The van der Waals surface area contributed by atoms with Crippen LogP contribution in [0.1, 0.15) is 174 Å². The molecule has 1 aromatic rings. The zero-order valence-corrected chi connectivity index (χ0v) is 58.0. The molecule has 0 aromatic carbocycles. The van der Waals surface area contributed by atoms with E-state index in [1.165, 1.54) is 48.9 Å². The molecule has 18 heteroatoms. The fourth-order valence-corrected chi connectivity index (χ4v) is 8.47. The van der Waals surface area contributed by atoms with E-state index in [2.05, 4.69) is 129 Å². The summed E-state index contributed by atoms with van der Waals surface area (Å²) < 4.78 is 7.86. The number of ether oxygens (including phenoxy) is 1. The summed E-state index contributed by atoms with van der Waals surface area (Å²) in [5.41, 5.74) is 20.7. The van der Waals surface area contributed by atoms with Crippen LogP contribution in [-0.4, -0.2) is 81.5 Å². The van der Waals surface area contributed by atoms with Gasteiger partial charge in [0.1, 0.15) is 6.10 Å². The Labute approximate surface area is 535 Å². The van der Waals surface area contributed by atoms with Crippen molar-refractivity contribution in [2.75, 3.05) is 0 Å². The number of carbonyl (C=O) groups excluding carboxylic acids is 2. The fourth-order valence-electron chi connectivity index (χ4n) is 7.40. The largest absolute Gasteiger partial charge is 2.00 e. The predicted octanol–water partition coefficient (Wildman–Crippen LogP) is 11.5. The van der Waals surface area contributed by atoms with Crippen molar-refractivity contribution in [3.05, 3.63) is 105 Å². The summed E-state index contributed by atoms with van der Waals surface area (Å²) in [4.78, 5) is 26.9. The molecule has 1 aromatic heterocycles. The molecule has 1 heterocycles. The number of hydrogen-bond donors (Lipinski definition) is 4. The van der Waals surface area contributed by atoms with Gasteiger partial charge in [0, 0.05) is 37.6 Å². The minimum atomic E-state index is -2.24. The number of allylic oxidation sites excluding steroid dienone is 9. The zero-order valence-electron chi connectivity index (χ0n) is 44.6. The fraction of sp³-hybridized carbons (Fsp3) is 0.630. The first-order valence-electron chi connectivity index (χ1n) is 23.6. The second kappa shape index (κ2) is 53.8. The van der Waals surface area contributed by atoms with E-state index < -0.39 is 30.7 Å². The van der Waals surface area contributed by atoms with Crippen LogP contribution in [0.25, 0.3) is 0 Å². The Balaban J connectivity index is -0.000000113. The molecule has 0 fully saturated rings. The van der Waals surface area contributed by atoms with E-state index in [9.17, 15) is 14.7 Å². The van der Waals surface area contributed by atoms with Crippen LogP contribution in [-0.2, 0) is 20.7 Å². The maximum absolute atomic E-state index is 10.5. The Hall–Kier alpha value is 2.19. The van der Waals surface area contributed by atoms with Gasteiger partial charge < -0.3 is 50.2 Å². The third kappa shape index (κ3) is 48.1. The Morgan fingerprint density at radius 2 is 1.28 bits per heavy atom. The number of rotatable bonds is 10. The number of carbonyl (C=O) groups is 2. The van der Waals surface area contributed by atoms with Crippen LogP contribution in [0, 0.1) is 72.0 Å². The topological polar surface area (TPSA) is 115 Å². The molecule has 0 amide bonds. The number of aromatic amines is 2. The number of nitrogens with one attached hydrogen (secondary N) is 2. The van der Waals surface area contributed by atoms with E-state index in [1.807, 2.05) is 24.4 Å². The van der Waals surface area contributed by atoms with Gasteiger partial charge in [0.25, 0.3) is 0 Å². The van der Waals surface area contributed by atoms with E-state index in [4.69, 9.17) is 38.9 Å². The summed E-state index contributed by atoms with van der Waals surface area (Å²) in [7, 11) is 0. The maximum atomic E-state index is 10.5. The molecule has 0 bridgehead atoms. The summed E-state index contributed by atoms with van der Waals surface area (Å²) in [5.74, 6) is 3.99. The van der Waals surface area contributed by atoms with E-state index in [-0.39, 0.29) is 118 Å². The third-order valence-corrected chi connectivity index (χ3v) is 12.0. The van der Waals surface area contributed by atoms with Crippen LogP contribution >= 0.6 is 61.0 Å². The molecule has 7 nitrogen and oxygen atoms in total. The Morgan fingerprint density at radius 1 is 0.806 bits per heavy atom. The zero-order chi connectivity index (χ0) is 50.2. The molecule has 4 unspecified atom stereocenters. The molecule has 6 aliphatic rings. The third-order valence-electron chi connectivity index (χ3n) is 10.2. The summed E-state index contributed by atoms with van der Waals surface area (Å²) in [6.07, 6.45) is 34.6. The van der Waals surface area contributed by atoms with Gasteiger partial charge in [0.15, 0.2) is 16.3 Å². The second-order valence-corrected chi connectivity index (χ2v) is 34.6. The number of aromatic nitrogens is 2. The predicted molar refractivity (Wildman–Crippen MR) is 315 cm³/mol. The average molecular weight is 1420 g/mol. The SMILES string of the molecule is C.C.C=COC1CCC=C1CC(C)C.CC(C)CC1=CCCC1Cc1c[nH]c(=S)[nH]1.CC(C)CC1=CCCC1O.O=C1C=CCC1.O=C1CCC=C1Br.OC1CCC=C1Br.[B].[Br-].[CH2-]C(C)C.[Cl][Ce]([Cl])[Cl].[H-].[Mg+2].[Na+]. The van der Waals surface area contributed by atoms with Crippen LogP contribution in [0.2, 0.25) is 0 Å². The molecule has 0 spiro atoms. The molecule has 6 aliphatic carbocycles. The molecule has 72 heavy (non-hydrogen) atoms. The number of hydrogen-bond acceptors (Lipinski definition) is 6. The molecule has 3 radical (unpaired) electrons. The first-order valence-corrected chi connectivity index (χ1v) is 37.4. The normalized spacial score (nSPS) is 19.3. The van der Waals surface area contributed by atoms with Crippen LogP contribution in [0.3, 0.4) is 0 Å². The number of Topliss-reactive ketones (excluding diaryl/α,β-unsaturated/α-hetero) is 1. The Morgan fingerprint density at radius 3 is 1.61 bits per heavy atom. The van der Waals surface area contributed by atoms with Gasteiger partial charge in [-0.3, -0.25) is 9.59 Å². The minimum absolute atomic E-state index is 0. The van der Waals surface area contributed by atoms with Gasteiger partial charge in [0.05, 0.1) is 23.0 Å². The first-order chi connectivity index (χ1) is 31.0. The minimum Gasteiger partial charge on any atom is -1.00 e. The van der Waals surface area contributed by atoms with Gasteiger partial charge in [-0.25, -0.2) is 0 Å². The van der Waals surface area contributed by atoms with Crippen molar-refractivity contribution in [3.8, 4) is 0 Å². The van der Waals surface area contributed by atoms with Crippen molar-refractivity contribution in [2.24, 2.45) is 29.6 Å². The second-order valence-electron chi connectivity index (χ2n) is 18.6. The molecule has 0 aliphatic heterocycles. The standard InChI is InChI=1S/C13H20N2S.C11H18O.C9H16O.C5H7BrO.C5H5BrO.C5H6O.C4H9.2CH4.B.BrH.Ce.3ClH.Mg.Na.H/c1-9(2)6-10-4-3-5-11(10)7-12-8-14-13(16)15-12;1-4-12-11-7-5-6-10(11)8-9(2)3;1-7(2)6-8-4-3-5-9(8)10;2*6-4-2-1-3-5(4)7;6-5-3-1-2-4-5;1-4(2)3;;;;;;;;;;;/h4,8-9,11H,3,5-7H2,1-2H3,(H2,14,15,16);4,6,9,11H,1,5,7-8H2,2-3H3;4,7,9-10H,3,5-6H2,1-2H3;2,5,7H,1,3H2;2H,1,3H2;1,3H,2,4H2;4H,1H2,2-3H3;2*1H4;;1H;;3*1H;;;/q;;;;;;-1;;;;;+3;;;;+2;+1;-1/p-4.